The summed E-state index contributed by atoms with van der Waals surface area (Å²) < 4.78 is 7.09. The van der Waals surface area contributed by atoms with Crippen molar-refractivity contribution in [3.05, 3.63) is 34.5 Å². The van der Waals surface area contributed by atoms with Gasteiger partial charge in [-0.25, -0.2) is 0 Å². The zero-order chi connectivity index (χ0) is 14.0. The molecular weight excluding hydrogens is 302 g/mol. The zero-order valence-electron chi connectivity index (χ0n) is 12.1. The van der Waals surface area contributed by atoms with E-state index in [4.69, 9.17) is 4.42 Å². The van der Waals surface area contributed by atoms with Crippen LogP contribution < -0.4 is 5.32 Å². The van der Waals surface area contributed by atoms with E-state index < -0.39 is 0 Å². The van der Waals surface area contributed by atoms with E-state index in [1.165, 1.54) is 0 Å². The molecule has 2 aromatic rings. The van der Waals surface area contributed by atoms with Crippen LogP contribution in [0.25, 0.3) is 11.0 Å². The zero-order valence-corrected chi connectivity index (χ0v) is 13.7. The number of benzene rings is 1. The van der Waals surface area contributed by atoms with Gasteiger partial charge in [0.1, 0.15) is 11.3 Å². The number of fused-ring (bicyclic) bond motifs is 1. The summed E-state index contributed by atoms with van der Waals surface area (Å²) in [5.74, 6) is 1.02. The van der Waals surface area contributed by atoms with E-state index in [1.807, 2.05) is 12.1 Å². The third-order valence-corrected chi connectivity index (χ3v) is 3.89. The Kier molecular flexibility index (Phi) is 4.36. The molecule has 0 saturated heterocycles. The fourth-order valence-corrected chi connectivity index (χ4v) is 2.77. The van der Waals surface area contributed by atoms with Gasteiger partial charge in [0.25, 0.3) is 0 Å². The van der Waals surface area contributed by atoms with Crippen molar-refractivity contribution in [3.63, 3.8) is 0 Å². The van der Waals surface area contributed by atoms with E-state index >= 15 is 0 Å². The highest BCUT2D eigenvalue weighted by atomic mass is 79.9. The van der Waals surface area contributed by atoms with Gasteiger partial charge >= 0.3 is 0 Å². The van der Waals surface area contributed by atoms with Crippen LogP contribution in [0.2, 0.25) is 0 Å². The molecule has 2 nitrogen and oxygen atoms in total. The van der Waals surface area contributed by atoms with E-state index in [0.29, 0.717) is 0 Å². The molecule has 0 radical (unpaired) electrons. The Morgan fingerprint density at radius 2 is 2.05 bits per heavy atom. The van der Waals surface area contributed by atoms with Crippen LogP contribution in [0.4, 0.5) is 0 Å². The predicted molar refractivity (Wildman–Crippen MR) is 84.4 cm³/mol. The summed E-state index contributed by atoms with van der Waals surface area (Å²) >= 11 is 3.55. The summed E-state index contributed by atoms with van der Waals surface area (Å²) in [7, 11) is 0. The Bertz CT molecular complexity index is 553. The van der Waals surface area contributed by atoms with Crippen molar-refractivity contribution < 1.29 is 4.42 Å². The molecule has 0 saturated carbocycles. The lowest BCUT2D eigenvalue weighted by molar-refractivity contribution is 0.241. The first-order valence-corrected chi connectivity index (χ1v) is 7.64. The topological polar surface area (TPSA) is 25.2 Å². The van der Waals surface area contributed by atoms with Gasteiger partial charge in [0.05, 0.1) is 10.5 Å². The number of nitrogens with one attached hydrogen (secondary N) is 1. The molecule has 0 fully saturated rings. The van der Waals surface area contributed by atoms with E-state index in [-0.39, 0.29) is 11.5 Å². The van der Waals surface area contributed by atoms with Crippen molar-refractivity contribution in [1.82, 2.24) is 5.32 Å². The highest BCUT2D eigenvalue weighted by molar-refractivity contribution is 9.10. The second-order valence-electron chi connectivity index (χ2n) is 6.06. The Morgan fingerprint density at radius 1 is 1.32 bits per heavy atom. The first-order valence-electron chi connectivity index (χ1n) is 6.85. The SMILES string of the molecule is CCCNC(c1cc2cccc(Br)c2o1)C(C)(C)C. The van der Waals surface area contributed by atoms with Gasteiger partial charge in [0.15, 0.2) is 0 Å². The average Bonchev–Trinajstić information content (AvgIpc) is 2.73. The molecule has 19 heavy (non-hydrogen) atoms. The molecule has 0 aliphatic heterocycles. The third kappa shape index (κ3) is 3.21. The van der Waals surface area contributed by atoms with Gasteiger partial charge in [-0.15, -0.1) is 0 Å². The number of halogens is 1. The minimum atomic E-state index is 0.121. The lowest BCUT2D eigenvalue weighted by atomic mass is 9.85. The molecule has 1 atom stereocenters. The van der Waals surface area contributed by atoms with Crippen molar-refractivity contribution in [2.45, 2.75) is 40.2 Å². The maximum Gasteiger partial charge on any atom is 0.148 e. The smallest absolute Gasteiger partial charge is 0.148 e. The summed E-state index contributed by atoms with van der Waals surface area (Å²) in [4.78, 5) is 0. The minimum absolute atomic E-state index is 0.121. The molecule has 0 aliphatic carbocycles. The van der Waals surface area contributed by atoms with Gasteiger partial charge < -0.3 is 9.73 Å². The molecule has 1 aromatic carbocycles. The molecule has 1 unspecified atom stereocenters. The molecule has 1 aromatic heterocycles. The summed E-state index contributed by atoms with van der Waals surface area (Å²) in [5.41, 5.74) is 1.06. The number of rotatable bonds is 4. The number of furan rings is 1. The first-order chi connectivity index (χ1) is 8.93. The Balaban J connectivity index is 2.41. The second kappa shape index (κ2) is 5.68. The molecule has 104 valence electrons. The molecule has 2 rings (SSSR count). The van der Waals surface area contributed by atoms with Gasteiger partial charge in [0.2, 0.25) is 0 Å². The Labute approximate surface area is 123 Å². The molecule has 3 heteroatoms. The van der Waals surface area contributed by atoms with Crippen LogP contribution in [-0.2, 0) is 0 Å². The molecule has 0 amide bonds. The van der Waals surface area contributed by atoms with Gasteiger partial charge in [-0.3, -0.25) is 0 Å². The molecule has 0 bridgehead atoms. The van der Waals surface area contributed by atoms with Gasteiger partial charge in [-0.2, -0.15) is 0 Å². The first kappa shape index (κ1) is 14.6. The van der Waals surface area contributed by atoms with E-state index in [1.54, 1.807) is 0 Å². The summed E-state index contributed by atoms with van der Waals surface area (Å²) in [6.07, 6.45) is 1.12. The predicted octanol–water partition coefficient (Wildman–Crippen LogP) is 5.28. The second-order valence-corrected chi connectivity index (χ2v) is 6.91. The van der Waals surface area contributed by atoms with Crippen molar-refractivity contribution in [2.75, 3.05) is 6.54 Å². The van der Waals surface area contributed by atoms with Gasteiger partial charge in [0, 0.05) is 5.39 Å². The lowest BCUT2D eigenvalue weighted by Crippen LogP contribution is -2.32. The summed E-state index contributed by atoms with van der Waals surface area (Å²) in [6.45, 7) is 9.90. The highest BCUT2D eigenvalue weighted by Crippen LogP contribution is 2.37. The maximum absolute atomic E-state index is 6.08. The lowest BCUT2D eigenvalue weighted by Gasteiger charge is -2.30. The normalized spacial score (nSPS) is 13.9. The van der Waals surface area contributed by atoms with E-state index in [9.17, 15) is 0 Å². The number of para-hydroxylation sites is 1. The average molecular weight is 324 g/mol. The van der Waals surface area contributed by atoms with E-state index in [2.05, 4.69) is 61.1 Å². The van der Waals surface area contributed by atoms with Crippen molar-refractivity contribution in [2.24, 2.45) is 5.41 Å². The van der Waals surface area contributed by atoms with Crippen LogP contribution in [-0.4, -0.2) is 6.54 Å². The van der Waals surface area contributed by atoms with Crippen LogP contribution in [0, 0.1) is 5.41 Å². The Morgan fingerprint density at radius 3 is 2.63 bits per heavy atom. The number of hydrogen-bond donors (Lipinski definition) is 1. The Hall–Kier alpha value is -0.800. The largest absolute Gasteiger partial charge is 0.458 e. The molecule has 1 N–H and O–H groups in total. The molecular formula is C16H22BrNO. The molecule has 0 aliphatic rings. The van der Waals surface area contributed by atoms with Crippen molar-refractivity contribution >= 4 is 26.9 Å². The van der Waals surface area contributed by atoms with Crippen LogP contribution in [0.5, 0.6) is 0 Å². The van der Waals surface area contributed by atoms with Crippen LogP contribution in [0.3, 0.4) is 0 Å². The maximum atomic E-state index is 6.08. The quantitative estimate of drug-likeness (QED) is 0.827. The van der Waals surface area contributed by atoms with Crippen molar-refractivity contribution in [1.29, 1.82) is 0 Å². The highest BCUT2D eigenvalue weighted by Gasteiger charge is 2.28. The van der Waals surface area contributed by atoms with E-state index in [0.717, 1.165) is 34.2 Å². The third-order valence-electron chi connectivity index (χ3n) is 3.26. The summed E-state index contributed by atoms with van der Waals surface area (Å²) in [5, 5.41) is 4.75. The standard InChI is InChI=1S/C16H22BrNO/c1-5-9-18-15(16(2,3)4)13-10-11-7-6-8-12(17)14(11)19-13/h6-8,10,15,18H,5,9H2,1-4H3. The van der Waals surface area contributed by atoms with Gasteiger partial charge in [-0.05, 0) is 46.4 Å². The number of hydrogen-bond acceptors (Lipinski definition) is 2. The fourth-order valence-electron chi connectivity index (χ4n) is 2.31. The van der Waals surface area contributed by atoms with Gasteiger partial charge in [-0.1, -0.05) is 39.8 Å². The van der Waals surface area contributed by atoms with Crippen LogP contribution in [0.15, 0.2) is 33.2 Å². The molecule has 0 spiro atoms. The minimum Gasteiger partial charge on any atom is -0.458 e. The fraction of sp³-hybridized carbons (Fsp3) is 0.500. The molecule has 1 heterocycles. The summed E-state index contributed by atoms with van der Waals surface area (Å²) in [6, 6.07) is 8.52. The van der Waals surface area contributed by atoms with Crippen molar-refractivity contribution in [3.8, 4) is 0 Å². The van der Waals surface area contributed by atoms with Crippen LogP contribution in [0.1, 0.15) is 45.9 Å². The van der Waals surface area contributed by atoms with Crippen LogP contribution >= 0.6 is 15.9 Å². The monoisotopic (exact) mass is 323 g/mol.